The van der Waals surface area contributed by atoms with Crippen molar-refractivity contribution in [1.82, 2.24) is 0 Å². The number of aromatic carboxylic acids is 1. The van der Waals surface area contributed by atoms with Gasteiger partial charge in [-0.25, -0.2) is 13.2 Å². The standard InChI is InChI=1S/C12H13ClO5S2/c1-20(17,18)9-5-4-8(12(14)15)10(13)11(9)19(16)6-7-2-3-7/h4-5,7H,2-3,6H2,1H3,(H,14,15). The van der Waals surface area contributed by atoms with Gasteiger partial charge in [-0.1, -0.05) is 11.6 Å². The molecule has 1 atom stereocenters. The van der Waals surface area contributed by atoms with Gasteiger partial charge in [0.15, 0.2) is 9.84 Å². The molecule has 1 aliphatic carbocycles. The minimum atomic E-state index is -3.63. The summed E-state index contributed by atoms with van der Waals surface area (Å²) < 4.78 is 35.8. The number of halogens is 1. The Morgan fingerprint density at radius 2 is 2.05 bits per heavy atom. The van der Waals surface area contributed by atoms with Crippen molar-refractivity contribution in [2.45, 2.75) is 22.6 Å². The third kappa shape index (κ3) is 3.21. The van der Waals surface area contributed by atoms with Crippen molar-refractivity contribution in [3.8, 4) is 0 Å². The normalized spacial score (nSPS) is 16.9. The number of sulfone groups is 1. The van der Waals surface area contributed by atoms with E-state index < -0.39 is 26.6 Å². The van der Waals surface area contributed by atoms with E-state index in [2.05, 4.69) is 0 Å². The van der Waals surface area contributed by atoms with Crippen LogP contribution in [-0.4, -0.2) is 35.7 Å². The summed E-state index contributed by atoms with van der Waals surface area (Å²) in [7, 11) is -5.25. The average Bonchev–Trinajstić information content (AvgIpc) is 3.10. The Morgan fingerprint density at radius 1 is 1.45 bits per heavy atom. The van der Waals surface area contributed by atoms with Crippen LogP contribution < -0.4 is 0 Å². The highest BCUT2D eigenvalue weighted by Gasteiger charge is 2.30. The molecule has 5 nitrogen and oxygen atoms in total. The third-order valence-electron chi connectivity index (χ3n) is 3.00. The maximum atomic E-state index is 12.3. The first kappa shape index (κ1) is 15.5. The highest BCUT2D eigenvalue weighted by molar-refractivity contribution is 7.92. The van der Waals surface area contributed by atoms with Gasteiger partial charge in [0.1, 0.15) is 0 Å². The Morgan fingerprint density at radius 3 is 2.50 bits per heavy atom. The van der Waals surface area contributed by atoms with E-state index in [4.69, 9.17) is 16.7 Å². The van der Waals surface area contributed by atoms with Crippen molar-refractivity contribution < 1.29 is 22.5 Å². The molecular formula is C12H13ClO5S2. The van der Waals surface area contributed by atoms with E-state index in [9.17, 15) is 17.4 Å². The molecule has 1 aromatic rings. The molecule has 0 aliphatic heterocycles. The lowest BCUT2D eigenvalue weighted by atomic mass is 10.2. The van der Waals surface area contributed by atoms with Crippen molar-refractivity contribution >= 4 is 38.2 Å². The second-order valence-electron chi connectivity index (χ2n) is 4.79. The van der Waals surface area contributed by atoms with Crippen molar-refractivity contribution in [1.29, 1.82) is 0 Å². The lowest BCUT2D eigenvalue weighted by Gasteiger charge is -2.11. The van der Waals surface area contributed by atoms with E-state index in [1.807, 2.05) is 0 Å². The van der Waals surface area contributed by atoms with Crippen molar-refractivity contribution in [3.63, 3.8) is 0 Å². The molecule has 0 spiro atoms. The van der Waals surface area contributed by atoms with Gasteiger partial charge in [0.25, 0.3) is 0 Å². The van der Waals surface area contributed by atoms with Gasteiger partial charge in [0.05, 0.1) is 31.2 Å². The largest absolute Gasteiger partial charge is 0.478 e. The molecule has 1 aliphatic rings. The highest BCUT2D eigenvalue weighted by Crippen LogP contribution is 2.36. The van der Waals surface area contributed by atoms with E-state index in [0.717, 1.165) is 31.2 Å². The van der Waals surface area contributed by atoms with E-state index in [0.29, 0.717) is 11.7 Å². The zero-order chi connectivity index (χ0) is 15.1. The maximum Gasteiger partial charge on any atom is 0.337 e. The zero-order valence-corrected chi connectivity index (χ0v) is 13.0. The van der Waals surface area contributed by atoms with Crippen LogP contribution >= 0.6 is 11.6 Å². The van der Waals surface area contributed by atoms with Crippen molar-refractivity contribution in [2.75, 3.05) is 12.0 Å². The molecule has 0 heterocycles. The Balaban J connectivity index is 2.61. The van der Waals surface area contributed by atoms with E-state index in [1.165, 1.54) is 0 Å². The van der Waals surface area contributed by atoms with Gasteiger partial charge >= 0.3 is 5.97 Å². The molecule has 0 saturated heterocycles. The summed E-state index contributed by atoms with van der Waals surface area (Å²) in [4.78, 5) is 10.8. The molecule has 110 valence electrons. The summed E-state index contributed by atoms with van der Waals surface area (Å²) in [6, 6.07) is 2.28. The number of hydrogen-bond donors (Lipinski definition) is 1. The molecule has 1 aromatic carbocycles. The number of carboxylic acids is 1. The van der Waals surface area contributed by atoms with Gasteiger partial charge in [0, 0.05) is 12.0 Å². The van der Waals surface area contributed by atoms with Crippen LogP contribution in [0.3, 0.4) is 0 Å². The molecular weight excluding hydrogens is 324 g/mol. The minimum Gasteiger partial charge on any atom is -0.478 e. The second kappa shape index (κ2) is 5.46. The highest BCUT2D eigenvalue weighted by atomic mass is 35.5. The van der Waals surface area contributed by atoms with Crippen LogP contribution in [0.25, 0.3) is 0 Å². The molecule has 20 heavy (non-hydrogen) atoms. The van der Waals surface area contributed by atoms with Gasteiger partial charge in [-0.2, -0.15) is 0 Å². The number of rotatable bonds is 5. The van der Waals surface area contributed by atoms with Crippen LogP contribution in [0, 0.1) is 5.92 Å². The number of carboxylic acid groups (broad SMARTS) is 1. The predicted molar refractivity (Wildman–Crippen MR) is 75.5 cm³/mol. The first-order valence-corrected chi connectivity index (χ1v) is 9.45. The molecule has 0 aromatic heterocycles. The summed E-state index contributed by atoms with van der Waals surface area (Å²) in [5.41, 5.74) is -0.238. The van der Waals surface area contributed by atoms with Gasteiger partial charge in [-0.3, -0.25) is 4.21 Å². The fourth-order valence-corrected chi connectivity index (χ4v) is 5.37. The topological polar surface area (TPSA) is 88.5 Å². The van der Waals surface area contributed by atoms with Crippen LogP contribution in [0.4, 0.5) is 0 Å². The van der Waals surface area contributed by atoms with E-state index >= 15 is 0 Å². The smallest absolute Gasteiger partial charge is 0.337 e. The van der Waals surface area contributed by atoms with Crippen LogP contribution in [0.2, 0.25) is 5.02 Å². The molecule has 1 N–H and O–H groups in total. The first-order valence-electron chi connectivity index (χ1n) is 5.86. The summed E-state index contributed by atoms with van der Waals surface area (Å²) in [6.07, 6.45) is 2.89. The van der Waals surface area contributed by atoms with Crippen molar-refractivity contribution in [2.24, 2.45) is 5.92 Å². The monoisotopic (exact) mass is 336 g/mol. The van der Waals surface area contributed by atoms with Gasteiger partial charge < -0.3 is 5.11 Å². The predicted octanol–water partition coefficient (Wildman–Crippen LogP) is 1.96. The lowest BCUT2D eigenvalue weighted by Crippen LogP contribution is -2.11. The second-order valence-corrected chi connectivity index (χ2v) is 8.58. The van der Waals surface area contributed by atoms with E-state index in [1.54, 1.807) is 0 Å². The molecule has 8 heteroatoms. The number of hydrogen-bond acceptors (Lipinski definition) is 4. The molecule has 2 rings (SSSR count). The summed E-state index contributed by atoms with van der Waals surface area (Å²) in [6.45, 7) is 0. The number of benzene rings is 1. The summed E-state index contributed by atoms with van der Waals surface area (Å²) >= 11 is 5.98. The van der Waals surface area contributed by atoms with Crippen LogP contribution in [0.5, 0.6) is 0 Å². The Labute approximate surface area is 124 Å². The third-order valence-corrected chi connectivity index (χ3v) is 6.43. The Bertz CT molecular complexity index is 692. The average molecular weight is 337 g/mol. The van der Waals surface area contributed by atoms with Gasteiger partial charge in [0.2, 0.25) is 0 Å². The molecule has 0 radical (unpaired) electrons. The molecule has 0 bridgehead atoms. The molecule has 1 fully saturated rings. The first-order chi connectivity index (χ1) is 9.21. The summed E-state index contributed by atoms with van der Waals surface area (Å²) in [5.74, 6) is -0.668. The van der Waals surface area contributed by atoms with Crippen LogP contribution in [0.1, 0.15) is 23.2 Å². The molecule has 0 amide bonds. The van der Waals surface area contributed by atoms with Gasteiger partial charge in [-0.15, -0.1) is 0 Å². The minimum absolute atomic E-state index is 0.0824. The SMILES string of the molecule is CS(=O)(=O)c1ccc(C(=O)O)c(Cl)c1S(=O)CC1CC1. The van der Waals surface area contributed by atoms with Crippen LogP contribution in [0.15, 0.2) is 21.9 Å². The van der Waals surface area contributed by atoms with Crippen molar-refractivity contribution in [3.05, 3.63) is 22.7 Å². The Kier molecular flexibility index (Phi) is 4.22. The fourth-order valence-electron chi connectivity index (χ4n) is 1.79. The molecule has 1 saturated carbocycles. The maximum absolute atomic E-state index is 12.3. The quantitative estimate of drug-likeness (QED) is 0.887. The molecule has 1 unspecified atom stereocenters. The van der Waals surface area contributed by atoms with Gasteiger partial charge in [-0.05, 0) is 30.9 Å². The van der Waals surface area contributed by atoms with Crippen LogP contribution in [-0.2, 0) is 20.6 Å². The van der Waals surface area contributed by atoms with E-state index in [-0.39, 0.29) is 20.4 Å². The number of carbonyl (C=O) groups is 1. The summed E-state index contributed by atoms with van der Waals surface area (Å²) in [5, 5.41) is 8.78. The lowest BCUT2D eigenvalue weighted by molar-refractivity contribution is 0.0696. The fraction of sp³-hybridized carbons (Fsp3) is 0.417. The zero-order valence-electron chi connectivity index (χ0n) is 10.6. The Hall–Kier alpha value is -0.920.